The van der Waals surface area contributed by atoms with Crippen molar-refractivity contribution in [3.8, 4) is 11.8 Å². The molecule has 0 radical (unpaired) electrons. The highest BCUT2D eigenvalue weighted by molar-refractivity contribution is 6.32. The van der Waals surface area contributed by atoms with E-state index in [2.05, 4.69) is 5.32 Å². The summed E-state index contributed by atoms with van der Waals surface area (Å²) >= 11 is 6.10. The van der Waals surface area contributed by atoms with Crippen LogP contribution >= 0.6 is 11.6 Å². The molecule has 1 aliphatic rings. The van der Waals surface area contributed by atoms with Gasteiger partial charge >= 0.3 is 0 Å². The fourth-order valence-electron chi connectivity index (χ4n) is 1.57. The van der Waals surface area contributed by atoms with Crippen LogP contribution in [0.4, 0.5) is 0 Å². The number of nitrogens with zero attached hydrogens (tertiary/aromatic N) is 1. The Hall–Kier alpha value is -1.24. The van der Waals surface area contributed by atoms with Gasteiger partial charge in [0.25, 0.3) is 0 Å². The van der Waals surface area contributed by atoms with Crippen LogP contribution < -0.4 is 10.1 Å². The summed E-state index contributed by atoms with van der Waals surface area (Å²) in [6.45, 7) is 2.44. The topological polar surface area (TPSA) is 45.0 Å². The van der Waals surface area contributed by atoms with E-state index < -0.39 is 6.10 Å². The lowest BCUT2D eigenvalue weighted by Gasteiger charge is -2.14. The minimum Gasteiger partial charge on any atom is -0.474 e. The number of nitrogens with one attached hydrogen (secondary N) is 1. The smallest absolute Gasteiger partial charge is 0.181 e. The lowest BCUT2D eigenvalue weighted by atomic mass is 10.2. The number of hydrogen-bond acceptors (Lipinski definition) is 3. The van der Waals surface area contributed by atoms with Gasteiger partial charge in [0.15, 0.2) is 6.10 Å². The molecule has 0 amide bonds. The predicted octanol–water partition coefficient (Wildman–Crippen LogP) is 2.88. The van der Waals surface area contributed by atoms with Crippen LogP contribution in [0.3, 0.4) is 0 Å². The van der Waals surface area contributed by atoms with E-state index in [1.807, 2.05) is 18.2 Å². The Morgan fingerprint density at radius 1 is 1.59 bits per heavy atom. The van der Waals surface area contributed by atoms with Crippen molar-refractivity contribution in [1.82, 2.24) is 5.32 Å². The second-order valence-corrected chi connectivity index (χ2v) is 4.68. The molecule has 1 aromatic rings. The van der Waals surface area contributed by atoms with Crippen LogP contribution in [0.1, 0.15) is 25.3 Å². The average Bonchev–Trinajstić information content (AvgIpc) is 3.13. The Labute approximate surface area is 106 Å². The van der Waals surface area contributed by atoms with Gasteiger partial charge < -0.3 is 10.1 Å². The average molecular weight is 251 g/mol. The van der Waals surface area contributed by atoms with Crippen molar-refractivity contribution in [1.29, 1.82) is 5.26 Å². The van der Waals surface area contributed by atoms with Gasteiger partial charge in [0.2, 0.25) is 0 Å². The number of nitriles is 1. The summed E-state index contributed by atoms with van der Waals surface area (Å²) in [7, 11) is 0. The normalized spacial score (nSPS) is 16.3. The quantitative estimate of drug-likeness (QED) is 0.874. The molecule has 0 aliphatic heterocycles. The number of ether oxygens (including phenoxy) is 1. The van der Waals surface area contributed by atoms with Crippen molar-refractivity contribution < 1.29 is 4.74 Å². The van der Waals surface area contributed by atoms with Gasteiger partial charge in [0, 0.05) is 18.2 Å². The molecule has 0 heterocycles. The molecular formula is C13H15ClN2O. The molecule has 90 valence electrons. The number of rotatable bonds is 5. The zero-order chi connectivity index (χ0) is 12.3. The third-order valence-corrected chi connectivity index (χ3v) is 2.98. The summed E-state index contributed by atoms with van der Waals surface area (Å²) in [5.74, 6) is 0.622. The molecule has 1 atom stereocenters. The zero-order valence-electron chi connectivity index (χ0n) is 9.74. The van der Waals surface area contributed by atoms with Crippen LogP contribution in [-0.2, 0) is 6.54 Å². The van der Waals surface area contributed by atoms with E-state index >= 15 is 0 Å². The van der Waals surface area contributed by atoms with E-state index in [4.69, 9.17) is 21.6 Å². The zero-order valence-corrected chi connectivity index (χ0v) is 10.5. The lowest BCUT2D eigenvalue weighted by molar-refractivity contribution is 0.273. The molecule has 1 N–H and O–H groups in total. The highest BCUT2D eigenvalue weighted by Crippen LogP contribution is 2.30. The molecule has 3 nitrogen and oxygen atoms in total. The Balaban J connectivity index is 2.11. The van der Waals surface area contributed by atoms with Crippen LogP contribution in [0.25, 0.3) is 0 Å². The first kappa shape index (κ1) is 12.2. The van der Waals surface area contributed by atoms with Gasteiger partial charge in [-0.3, -0.25) is 0 Å². The molecule has 1 aliphatic carbocycles. The highest BCUT2D eigenvalue weighted by Gasteiger charge is 2.21. The summed E-state index contributed by atoms with van der Waals surface area (Å²) in [6.07, 6.45) is 1.99. The third-order valence-electron chi connectivity index (χ3n) is 2.68. The number of hydrogen-bond donors (Lipinski definition) is 1. The maximum atomic E-state index is 8.77. The molecular weight excluding hydrogens is 236 g/mol. The minimum atomic E-state index is -0.491. The van der Waals surface area contributed by atoms with Crippen LogP contribution in [0, 0.1) is 11.3 Å². The maximum absolute atomic E-state index is 8.77. The standard InChI is InChI=1S/C13H15ClN2O/c1-9(7-15)17-13-10(3-2-4-12(13)14)8-16-11-5-6-11/h2-4,9,11,16H,5-6,8H2,1H3. The van der Waals surface area contributed by atoms with Gasteiger partial charge in [-0.05, 0) is 25.8 Å². The molecule has 4 heteroatoms. The van der Waals surface area contributed by atoms with Crippen molar-refractivity contribution in [2.45, 2.75) is 38.5 Å². The molecule has 0 spiro atoms. The van der Waals surface area contributed by atoms with Crippen molar-refractivity contribution in [3.63, 3.8) is 0 Å². The summed E-state index contributed by atoms with van der Waals surface area (Å²) in [5, 5.41) is 12.7. The SMILES string of the molecule is CC(C#N)Oc1c(Cl)cccc1CNC1CC1. The summed E-state index contributed by atoms with van der Waals surface area (Å²) in [6, 6.07) is 8.33. The lowest BCUT2D eigenvalue weighted by Crippen LogP contribution is -2.17. The first-order valence-corrected chi connectivity index (χ1v) is 6.15. The highest BCUT2D eigenvalue weighted by atomic mass is 35.5. The predicted molar refractivity (Wildman–Crippen MR) is 67.0 cm³/mol. The molecule has 1 fully saturated rings. The summed E-state index contributed by atoms with van der Waals surface area (Å²) in [4.78, 5) is 0. The monoisotopic (exact) mass is 250 g/mol. The Morgan fingerprint density at radius 2 is 2.35 bits per heavy atom. The fourth-order valence-corrected chi connectivity index (χ4v) is 1.81. The number of benzene rings is 1. The van der Waals surface area contributed by atoms with E-state index in [1.165, 1.54) is 12.8 Å². The molecule has 0 bridgehead atoms. The molecule has 2 rings (SSSR count). The Bertz CT molecular complexity index is 438. The largest absolute Gasteiger partial charge is 0.474 e. The van der Waals surface area contributed by atoms with E-state index in [-0.39, 0.29) is 0 Å². The second kappa shape index (κ2) is 5.39. The van der Waals surface area contributed by atoms with Crippen LogP contribution in [-0.4, -0.2) is 12.1 Å². The van der Waals surface area contributed by atoms with Crippen molar-refractivity contribution in [3.05, 3.63) is 28.8 Å². The van der Waals surface area contributed by atoms with Gasteiger partial charge in [-0.2, -0.15) is 5.26 Å². The number of para-hydroxylation sites is 1. The van der Waals surface area contributed by atoms with Crippen molar-refractivity contribution in [2.75, 3.05) is 0 Å². The van der Waals surface area contributed by atoms with E-state index in [0.29, 0.717) is 16.8 Å². The molecule has 0 saturated heterocycles. The number of halogens is 1. The first-order valence-electron chi connectivity index (χ1n) is 5.77. The first-order chi connectivity index (χ1) is 8.20. The van der Waals surface area contributed by atoms with E-state index in [0.717, 1.165) is 12.1 Å². The molecule has 1 unspecified atom stereocenters. The van der Waals surface area contributed by atoms with Gasteiger partial charge in [-0.15, -0.1) is 0 Å². The van der Waals surface area contributed by atoms with Gasteiger partial charge in [0.05, 0.1) is 5.02 Å². The molecule has 0 aromatic heterocycles. The van der Waals surface area contributed by atoms with Gasteiger partial charge in [-0.25, -0.2) is 0 Å². The summed E-state index contributed by atoms with van der Waals surface area (Å²) < 4.78 is 5.55. The van der Waals surface area contributed by atoms with Crippen LogP contribution in [0.5, 0.6) is 5.75 Å². The Morgan fingerprint density at radius 3 is 3.00 bits per heavy atom. The van der Waals surface area contributed by atoms with Gasteiger partial charge in [-0.1, -0.05) is 23.7 Å². The minimum absolute atomic E-state index is 0.491. The summed E-state index contributed by atoms with van der Waals surface area (Å²) in [5.41, 5.74) is 1.01. The maximum Gasteiger partial charge on any atom is 0.181 e. The molecule has 1 aromatic carbocycles. The van der Waals surface area contributed by atoms with Crippen molar-refractivity contribution >= 4 is 11.6 Å². The Kier molecular flexibility index (Phi) is 3.88. The molecule has 1 saturated carbocycles. The molecule has 17 heavy (non-hydrogen) atoms. The van der Waals surface area contributed by atoms with E-state index in [9.17, 15) is 0 Å². The second-order valence-electron chi connectivity index (χ2n) is 4.27. The van der Waals surface area contributed by atoms with Gasteiger partial charge in [0.1, 0.15) is 11.8 Å². The van der Waals surface area contributed by atoms with Crippen LogP contribution in [0.2, 0.25) is 5.02 Å². The van der Waals surface area contributed by atoms with Crippen molar-refractivity contribution in [2.24, 2.45) is 0 Å². The van der Waals surface area contributed by atoms with Crippen LogP contribution in [0.15, 0.2) is 18.2 Å². The van der Waals surface area contributed by atoms with E-state index in [1.54, 1.807) is 13.0 Å². The third kappa shape index (κ3) is 3.36. The fraction of sp³-hybridized carbons (Fsp3) is 0.462.